The number of nitrogens with zero attached hydrogens (tertiary/aromatic N) is 3. The normalized spacial score (nSPS) is 19.0. The maximum atomic E-state index is 9.47. The van der Waals surface area contributed by atoms with Crippen molar-refractivity contribution in [3.05, 3.63) is 30.1 Å². The highest BCUT2D eigenvalue weighted by atomic mass is 16.3. The van der Waals surface area contributed by atoms with Crippen LogP contribution >= 0.6 is 0 Å². The van der Waals surface area contributed by atoms with Crippen LogP contribution in [0.3, 0.4) is 0 Å². The van der Waals surface area contributed by atoms with E-state index >= 15 is 0 Å². The highest BCUT2D eigenvalue weighted by Gasteiger charge is 2.20. The molecule has 17 heavy (non-hydrogen) atoms. The zero-order valence-corrected chi connectivity index (χ0v) is 9.80. The summed E-state index contributed by atoms with van der Waals surface area (Å²) in [7, 11) is 0. The molecule has 0 saturated heterocycles. The third-order valence-electron chi connectivity index (χ3n) is 3.25. The van der Waals surface area contributed by atoms with E-state index in [1.807, 2.05) is 16.8 Å². The van der Waals surface area contributed by atoms with Crippen LogP contribution < -0.4 is 0 Å². The Kier molecular flexibility index (Phi) is 2.35. The van der Waals surface area contributed by atoms with Gasteiger partial charge in [0.05, 0.1) is 6.04 Å². The molecular formula is C13H15N3O. The molecule has 1 aromatic heterocycles. The summed E-state index contributed by atoms with van der Waals surface area (Å²) in [5.41, 5.74) is 0.874. The maximum Gasteiger partial charge on any atom is 0.181 e. The van der Waals surface area contributed by atoms with Crippen LogP contribution in [-0.4, -0.2) is 19.9 Å². The Labute approximate surface area is 99.9 Å². The van der Waals surface area contributed by atoms with Gasteiger partial charge in [0.25, 0.3) is 0 Å². The molecule has 0 saturated carbocycles. The molecule has 0 spiro atoms. The number of benzene rings is 1. The second kappa shape index (κ2) is 3.87. The number of hydrogen-bond acceptors (Lipinski definition) is 3. The lowest BCUT2D eigenvalue weighted by molar-refractivity contribution is 0.389. The standard InChI is InChI=1S/C13H15N3O/c1-9-4-2-7-12-14-13(15-16(9)12)10-5-3-6-11(17)8-10/h3,5-6,8-9,17H,2,4,7H2,1H3. The Bertz CT molecular complexity index is 547. The average Bonchev–Trinajstić information content (AvgIpc) is 2.74. The van der Waals surface area contributed by atoms with Crippen molar-refractivity contribution in [1.82, 2.24) is 14.8 Å². The Hall–Kier alpha value is -1.84. The van der Waals surface area contributed by atoms with Gasteiger partial charge in [0, 0.05) is 12.0 Å². The molecule has 0 amide bonds. The van der Waals surface area contributed by atoms with Gasteiger partial charge in [0.15, 0.2) is 5.82 Å². The van der Waals surface area contributed by atoms with Crippen molar-refractivity contribution in [2.45, 2.75) is 32.2 Å². The molecular weight excluding hydrogens is 214 g/mol. The third-order valence-corrected chi connectivity index (χ3v) is 3.25. The minimum Gasteiger partial charge on any atom is -0.508 e. The van der Waals surface area contributed by atoms with Crippen molar-refractivity contribution >= 4 is 0 Å². The van der Waals surface area contributed by atoms with Crippen LogP contribution in [0.4, 0.5) is 0 Å². The smallest absolute Gasteiger partial charge is 0.181 e. The average molecular weight is 229 g/mol. The Morgan fingerprint density at radius 1 is 1.41 bits per heavy atom. The van der Waals surface area contributed by atoms with Crippen LogP contribution in [-0.2, 0) is 6.42 Å². The first kappa shape index (κ1) is 10.3. The SMILES string of the molecule is CC1CCCc2nc(-c3cccc(O)c3)nn21. The minimum atomic E-state index is 0.253. The van der Waals surface area contributed by atoms with Gasteiger partial charge >= 0.3 is 0 Å². The summed E-state index contributed by atoms with van der Waals surface area (Å²) in [6, 6.07) is 7.52. The molecule has 1 N–H and O–H groups in total. The van der Waals surface area contributed by atoms with Gasteiger partial charge in [-0.15, -0.1) is 0 Å². The van der Waals surface area contributed by atoms with Gasteiger partial charge in [0.1, 0.15) is 11.6 Å². The molecule has 1 unspecified atom stereocenters. The van der Waals surface area contributed by atoms with E-state index in [4.69, 9.17) is 0 Å². The minimum absolute atomic E-state index is 0.253. The Balaban J connectivity index is 2.05. The fraction of sp³-hybridized carbons (Fsp3) is 0.385. The second-order valence-electron chi connectivity index (χ2n) is 4.59. The fourth-order valence-corrected chi connectivity index (χ4v) is 2.32. The molecule has 0 bridgehead atoms. The number of aromatic hydroxyl groups is 1. The second-order valence-corrected chi connectivity index (χ2v) is 4.59. The molecule has 2 heterocycles. The molecule has 1 aliphatic rings. The molecule has 4 heteroatoms. The van der Waals surface area contributed by atoms with Crippen LogP contribution in [0.2, 0.25) is 0 Å². The summed E-state index contributed by atoms with van der Waals surface area (Å²) < 4.78 is 2.02. The van der Waals surface area contributed by atoms with Gasteiger partial charge in [0.2, 0.25) is 0 Å². The van der Waals surface area contributed by atoms with Gasteiger partial charge in [-0.1, -0.05) is 12.1 Å². The molecule has 1 atom stereocenters. The molecule has 3 rings (SSSR count). The van der Waals surface area contributed by atoms with E-state index in [1.54, 1.807) is 12.1 Å². The summed E-state index contributed by atoms with van der Waals surface area (Å²) in [5.74, 6) is 2.02. The first-order valence-corrected chi connectivity index (χ1v) is 5.99. The van der Waals surface area contributed by atoms with Crippen molar-refractivity contribution in [3.8, 4) is 17.1 Å². The number of aryl methyl sites for hydroxylation is 1. The predicted octanol–water partition coefficient (Wildman–Crippen LogP) is 2.55. The van der Waals surface area contributed by atoms with Crippen molar-refractivity contribution in [1.29, 1.82) is 0 Å². The van der Waals surface area contributed by atoms with Crippen molar-refractivity contribution in [2.75, 3.05) is 0 Å². The summed E-state index contributed by atoms with van der Waals surface area (Å²) in [4.78, 5) is 4.55. The van der Waals surface area contributed by atoms with E-state index in [0.29, 0.717) is 11.9 Å². The summed E-state index contributed by atoms with van der Waals surface area (Å²) >= 11 is 0. The highest BCUT2D eigenvalue weighted by Crippen LogP contribution is 2.26. The lowest BCUT2D eigenvalue weighted by Gasteiger charge is -2.18. The highest BCUT2D eigenvalue weighted by molar-refractivity contribution is 5.56. The van der Waals surface area contributed by atoms with Gasteiger partial charge in [-0.05, 0) is 31.9 Å². The zero-order chi connectivity index (χ0) is 11.8. The van der Waals surface area contributed by atoms with Crippen LogP contribution in [0.5, 0.6) is 5.75 Å². The molecule has 0 radical (unpaired) electrons. The molecule has 0 fully saturated rings. The monoisotopic (exact) mass is 229 g/mol. The van der Waals surface area contributed by atoms with E-state index in [0.717, 1.165) is 24.2 Å². The molecule has 88 valence electrons. The van der Waals surface area contributed by atoms with E-state index in [-0.39, 0.29) is 5.75 Å². The molecule has 0 aliphatic carbocycles. The Morgan fingerprint density at radius 3 is 3.06 bits per heavy atom. The predicted molar refractivity (Wildman–Crippen MR) is 64.8 cm³/mol. The Morgan fingerprint density at radius 2 is 2.29 bits per heavy atom. The van der Waals surface area contributed by atoms with Crippen molar-refractivity contribution in [3.63, 3.8) is 0 Å². The van der Waals surface area contributed by atoms with E-state index < -0.39 is 0 Å². The number of fused-ring (bicyclic) bond motifs is 1. The maximum absolute atomic E-state index is 9.47. The topological polar surface area (TPSA) is 50.9 Å². The lowest BCUT2D eigenvalue weighted by atomic mass is 10.1. The fourth-order valence-electron chi connectivity index (χ4n) is 2.32. The van der Waals surface area contributed by atoms with Crippen LogP contribution in [0.25, 0.3) is 11.4 Å². The number of phenols is 1. The van der Waals surface area contributed by atoms with Crippen molar-refractivity contribution < 1.29 is 5.11 Å². The van der Waals surface area contributed by atoms with E-state index in [9.17, 15) is 5.11 Å². The number of phenolic OH excluding ortho intramolecular Hbond substituents is 1. The van der Waals surface area contributed by atoms with Crippen LogP contribution in [0.15, 0.2) is 24.3 Å². The number of hydrogen-bond donors (Lipinski definition) is 1. The molecule has 1 aromatic carbocycles. The molecule has 2 aromatic rings. The summed E-state index contributed by atoms with van der Waals surface area (Å²) in [6.07, 6.45) is 3.34. The van der Waals surface area contributed by atoms with Gasteiger partial charge in [-0.25, -0.2) is 9.67 Å². The lowest BCUT2D eigenvalue weighted by Crippen LogP contribution is -2.16. The number of rotatable bonds is 1. The van der Waals surface area contributed by atoms with Crippen molar-refractivity contribution in [2.24, 2.45) is 0 Å². The zero-order valence-electron chi connectivity index (χ0n) is 9.80. The molecule has 1 aliphatic heterocycles. The van der Waals surface area contributed by atoms with E-state index in [1.165, 1.54) is 6.42 Å². The number of aromatic nitrogens is 3. The van der Waals surface area contributed by atoms with Gasteiger partial charge in [-0.2, -0.15) is 5.10 Å². The summed E-state index contributed by atoms with van der Waals surface area (Å²) in [5, 5.41) is 14.0. The summed E-state index contributed by atoms with van der Waals surface area (Å²) in [6.45, 7) is 2.17. The largest absolute Gasteiger partial charge is 0.508 e. The molecule has 4 nitrogen and oxygen atoms in total. The third kappa shape index (κ3) is 1.79. The van der Waals surface area contributed by atoms with Crippen LogP contribution in [0, 0.1) is 0 Å². The first-order valence-electron chi connectivity index (χ1n) is 5.99. The van der Waals surface area contributed by atoms with E-state index in [2.05, 4.69) is 17.0 Å². The quantitative estimate of drug-likeness (QED) is 0.817. The first-order chi connectivity index (χ1) is 8.24. The van der Waals surface area contributed by atoms with Gasteiger partial charge in [-0.3, -0.25) is 0 Å². The van der Waals surface area contributed by atoms with Crippen LogP contribution in [0.1, 0.15) is 31.6 Å². The van der Waals surface area contributed by atoms with Gasteiger partial charge < -0.3 is 5.11 Å².